The van der Waals surface area contributed by atoms with E-state index in [1.165, 1.54) is 0 Å². The minimum absolute atomic E-state index is 0.460. The minimum Gasteiger partial charge on any atom is -0.330 e. The summed E-state index contributed by atoms with van der Waals surface area (Å²) < 4.78 is 0. The molecule has 0 atom stereocenters. The van der Waals surface area contributed by atoms with Gasteiger partial charge >= 0.3 is 0 Å². The van der Waals surface area contributed by atoms with E-state index >= 15 is 0 Å². The molecule has 18 heavy (non-hydrogen) atoms. The number of pyridine rings is 1. The van der Waals surface area contributed by atoms with Crippen LogP contribution in [0.15, 0.2) is 24.4 Å². The fourth-order valence-corrected chi connectivity index (χ4v) is 1.55. The van der Waals surface area contributed by atoms with Crippen LogP contribution in [0.3, 0.4) is 0 Å². The maximum absolute atomic E-state index is 5.43. The van der Waals surface area contributed by atoms with E-state index in [-0.39, 0.29) is 0 Å². The van der Waals surface area contributed by atoms with E-state index in [9.17, 15) is 0 Å². The van der Waals surface area contributed by atoms with Gasteiger partial charge in [-0.05, 0) is 31.5 Å². The molecule has 0 bridgehead atoms. The molecule has 2 aromatic rings. The number of aromatic nitrogens is 5. The maximum atomic E-state index is 5.43. The highest BCUT2D eigenvalue weighted by atomic mass is 15.3. The Morgan fingerprint density at radius 1 is 0.944 bits per heavy atom. The molecule has 2 aromatic heterocycles. The molecule has 0 aliphatic carbocycles. The fraction of sp³-hybridized carbons (Fsp3) is 0.417. The van der Waals surface area contributed by atoms with E-state index in [1.54, 1.807) is 6.20 Å². The van der Waals surface area contributed by atoms with Crippen molar-refractivity contribution in [3.8, 4) is 11.5 Å². The average molecular weight is 244 g/mol. The number of nitrogens with zero attached hydrogens (tertiary/aromatic N) is 5. The molecule has 0 radical (unpaired) electrons. The molecule has 6 nitrogen and oxygen atoms in total. The Labute approximate surface area is 106 Å². The molecule has 0 saturated heterocycles. The predicted octanol–water partition coefficient (Wildman–Crippen LogP) is 1.00. The lowest BCUT2D eigenvalue weighted by molar-refractivity contribution is 0.647. The van der Waals surface area contributed by atoms with Crippen molar-refractivity contribution in [3.63, 3.8) is 0 Å². The molecule has 2 rings (SSSR count). The fourth-order valence-electron chi connectivity index (χ4n) is 1.55. The van der Waals surface area contributed by atoms with Crippen molar-refractivity contribution in [2.24, 2.45) is 5.73 Å². The van der Waals surface area contributed by atoms with E-state index in [0.717, 1.165) is 32.2 Å². The van der Waals surface area contributed by atoms with Crippen LogP contribution in [-0.4, -0.2) is 31.9 Å². The Kier molecular flexibility index (Phi) is 4.66. The molecule has 6 heteroatoms. The second kappa shape index (κ2) is 6.70. The van der Waals surface area contributed by atoms with Crippen molar-refractivity contribution in [2.75, 3.05) is 6.54 Å². The van der Waals surface area contributed by atoms with Crippen LogP contribution >= 0.6 is 0 Å². The zero-order valence-electron chi connectivity index (χ0n) is 10.2. The molecule has 0 fully saturated rings. The second-order valence-corrected chi connectivity index (χ2v) is 3.95. The van der Waals surface area contributed by atoms with Crippen LogP contribution in [-0.2, 0) is 6.42 Å². The van der Waals surface area contributed by atoms with E-state index < -0.39 is 0 Å². The lowest BCUT2D eigenvalue weighted by Crippen LogP contribution is -2.04. The summed E-state index contributed by atoms with van der Waals surface area (Å²) >= 11 is 0. The number of hydrogen-bond acceptors (Lipinski definition) is 6. The van der Waals surface area contributed by atoms with E-state index in [0.29, 0.717) is 17.3 Å². The molecule has 2 heterocycles. The molecule has 0 spiro atoms. The third-order valence-electron chi connectivity index (χ3n) is 2.52. The van der Waals surface area contributed by atoms with Crippen molar-refractivity contribution in [1.82, 2.24) is 25.4 Å². The summed E-state index contributed by atoms with van der Waals surface area (Å²) in [5.41, 5.74) is 6.12. The first-order chi connectivity index (χ1) is 8.90. The van der Waals surface area contributed by atoms with Crippen molar-refractivity contribution >= 4 is 0 Å². The minimum atomic E-state index is 0.460. The highest BCUT2D eigenvalue weighted by Gasteiger charge is 2.04. The summed E-state index contributed by atoms with van der Waals surface area (Å²) in [6.45, 7) is 0.732. The Bertz CT molecular complexity index is 456. The maximum Gasteiger partial charge on any atom is 0.221 e. The molecule has 2 N–H and O–H groups in total. The van der Waals surface area contributed by atoms with E-state index in [1.807, 2.05) is 18.2 Å². The van der Waals surface area contributed by atoms with Gasteiger partial charge in [0, 0.05) is 12.6 Å². The van der Waals surface area contributed by atoms with Gasteiger partial charge in [0.25, 0.3) is 0 Å². The zero-order valence-corrected chi connectivity index (χ0v) is 10.2. The van der Waals surface area contributed by atoms with Crippen LogP contribution in [0.1, 0.15) is 25.1 Å². The number of nitrogens with two attached hydrogens (primary N) is 1. The van der Waals surface area contributed by atoms with Gasteiger partial charge in [-0.2, -0.15) is 0 Å². The molecule has 94 valence electrons. The molecule has 0 amide bonds. The Hall–Kier alpha value is -1.95. The number of hydrogen-bond donors (Lipinski definition) is 1. The topological polar surface area (TPSA) is 90.5 Å². The van der Waals surface area contributed by atoms with Crippen molar-refractivity contribution in [1.29, 1.82) is 0 Å². The summed E-state index contributed by atoms with van der Waals surface area (Å²) in [6.07, 6.45) is 5.63. The molecule has 0 aliphatic rings. The highest BCUT2D eigenvalue weighted by Crippen LogP contribution is 2.08. The Morgan fingerprint density at radius 3 is 2.44 bits per heavy atom. The number of rotatable bonds is 6. The van der Waals surface area contributed by atoms with Crippen LogP contribution in [0.5, 0.6) is 0 Å². The standard InChI is InChI=1S/C12H16N6/c13-8-4-1-2-7-11-15-17-12(18-16-11)10-6-3-5-9-14-10/h3,5-6,9H,1-2,4,7-8,13H2. The van der Waals surface area contributed by atoms with Crippen LogP contribution < -0.4 is 5.73 Å². The van der Waals surface area contributed by atoms with Gasteiger partial charge in [0.15, 0.2) is 5.82 Å². The molecular weight excluding hydrogens is 228 g/mol. The van der Waals surface area contributed by atoms with E-state index in [2.05, 4.69) is 25.4 Å². The lowest BCUT2D eigenvalue weighted by Gasteiger charge is -1.99. The molecule has 0 aromatic carbocycles. The first-order valence-corrected chi connectivity index (χ1v) is 6.08. The molecule has 0 saturated carbocycles. The Morgan fingerprint density at radius 2 is 1.78 bits per heavy atom. The molecular formula is C12H16N6. The third-order valence-corrected chi connectivity index (χ3v) is 2.52. The summed E-state index contributed by atoms with van der Waals surface area (Å²) in [5.74, 6) is 1.13. The zero-order chi connectivity index (χ0) is 12.6. The van der Waals surface area contributed by atoms with E-state index in [4.69, 9.17) is 5.73 Å². The SMILES string of the molecule is NCCCCCc1nnc(-c2ccccn2)nn1. The van der Waals surface area contributed by atoms with Crippen LogP contribution in [0, 0.1) is 0 Å². The van der Waals surface area contributed by atoms with Crippen molar-refractivity contribution < 1.29 is 0 Å². The van der Waals surface area contributed by atoms with Crippen molar-refractivity contribution in [2.45, 2.75) is 25.7 Å². The van der Waals surface area contributed by atoms with Crippen LogP contribution in [0.2, 0.25) is 0 Å². The van der Waals surface area contributed by atoms with Crippen LogP contribution in [0.4, 0.5) is 0 Å². The summed E-state index contributed by atoms with van der Waals surface area (Å²) in [7, 11) is 0. The average Bonchev–Trinajstić information content (AvgIpc) is 2.45. The van der Waals surface area contributed by atoms with Crippen LogP contribution in [0.25, 0.3) is 11.5 Å². The van der Waals surface area contributed by atoms with Gasteiger partial charge < -0.3 is 5.73 Å². The van der Waals surface area contributed by atoms with Gasteiger partial charge in [-0.1, -0.05) is 12.5 Å². The molecule has 0 aliphatic heterocycles. The predicted molar refractivity (Wildman–Crippen MR) is 67.5 cm³/mol. The first kappa shape index (κ1) is 12.5. The smallest absolute Gasteiger partial charge is 0.221 e. The first-order valence-electron chi connectivity index (χ1n) is 6.08. The van der Waals surface area contributed by atoms with Gasteiger partial charge in [-0.25, -0.2) is 0 Å². The van der Waals surface area contributed by atoms with Gasteiger partial charge in [-0.3, -0.25) is 4.98 Å². The summed E-state index contributed by atoms with van der Waals surface area (Å²) in [6, 6.07) is 5.56. The second-order valence-electron chi connectivity index (χ2n) is 3.95. The number of unbranched alkanes of at least 4 members (excludes halogenated alkanes) is 2. The monoisotopic (exact) mass is 244 g/mol. The highest BCUT2D eigenvalue weighted by molar-refractivity contribution is 5.46. The summed E-state index contributed by atoms with van der Waals surface area (Å²) in [4.78, 5) is 4.15. The number of aryl methyl sites for hydroxylation is 1. The molecule has 0 unspecified atom stereocenters. The van der Waals surface area contributed by atoms with Gasteiger partial charge in [-0.15, -0.1) is 20.4 Å². The lowest BCUT2D eigenvalue weighted by atomic mass is 10.2. The van der Waals surface area contributed by atoms with Gasteiger partial charge in [0.1, 0.15) is 5.69 Å². The van der Waals surface area contributed by atoms with Gasteiger partial charge in [0.2, 0.25) is 5.82 Å². The largest absolute Gasteiger partial charge is 0.330 e. The normalized spacial score (nSPS) is 10.5. The van der Waals surface area contributed by atoms with Gasteiger partial charge in [0.05, 0.1) is 0 Å². The third kappa shape index (κ3) is 3.53. The summed E-state index contributed by atoms with van der Waals surface area (Å²) in [5, 5.41) is 16.2. The van der Waals surface area contributed by atoms with Crippen molar-refractivity contribution in [3.05, 3.63) is 30.2 Å². The Balaban J connectivity index is 1.94. The quantitative estimate of drug-likeness (QED) is 0.762.